The van der Waals surface area contributed by atoms with Gasteiger partial charge in [0, 0.05) is 6.42 Å². The molecule has 118 valence electrons. The van der Waals surface area contributed by atoms with Gasteiger partial charge in [-0.15, -0.1) is 6.58 Å². The number of aliphatic hydroxyl groups excluding tert-OH is 4. The molecule has 6 N–H and O–H groups in total. The lowest BCUT2D eigenvalue weighted by molar-refractivity contribution is -0.0430. The normalized spacial score (nSPS) is 34.7. The van der Waals surface area contributed by atoms with Crippen LogP contribution >= 0.6 is 0 Å². The van der Waals surface area contributed by atoms with Crippen molar-refractivity contribution in [2.75, 3.05) is 13.2 Å². The van der Waals surface area contributed by atoms with E-state index in [2.05, 4.69) is 6.58 Å². The molecule has 7 nitrogen and oxygen atoms in total. The first kappa shape index (κ1) is 17.5. The van der Waals surface area contributed by atoms with Gasteiger partial charge in [0.05, 0.1) is 43.7 Å². The summed E-state index contributed by atoms with van der Waals surface area (Å²) in [6, 6.07) is -0.927. The first-order valence-electron chi connectivity index (χ1n) is 6.70. The Hall–Kier alpha value is -0.540. The Kier molecular flexibility index (Phi) is 7.04. The Morgan fingerprint density at radius 1 is 1.30 bits per heavy atom. The van der Waals surface area contributed by atoms with E-state index in [4.69, 9.17) is 15.2 Å². The molecule has 0 spiro atoms. The summed E-state index contributed by atoms with van der Waals surface area (Å²) in [7, 11) is 0. The van der Waals surface area contributed by atoms with E-state index in [-0.39, 0.29) is 19.6 Å². The fourth-order valence-corrected chi connectivity index (χ4v) is 2.16. The summed E-state index contributed by atoms with van der Waals surface area (Å²) < 4.78 is 10.4. The molecule has 1 aliphatic rings. The first-order valence-corrected chi connectivity index (χ1v) is 6.70. The van der Waals surface area contributed by atoms with Crippen LogP contribution in [0.15, 0.2) is 12.7 Å². The molecule has 1 unspecified atom stereocenters. The minimum atomic E-state index is -1.07. The highest BCUT2D eigenvalue weighted by Crippen LogP contribution is 2.25. The van der Waals surface area contributed by atoms with E-state index in [1.807, 2.05) is 0 Å². The van der Waals surface area contributed by atoms with Gasteiger partial charge in [0.25, 0.3) is 0 Å². The zero-order valence-corrected chi connectivity index (χ0v) is 11.6. The van der Waals surface area contributed by atoms with Crippen LogP contribution in [-0.4, -0.2) is 76.3 Å². The van der Waals surface area contributed by atoms with Crippen LogP contribution in [0.1, 0.15) is 13.3 Å². The number of ether oxygens (including phenoxy) is 2. The van der Waals surface area contributed by atoms with Crippen LogP contribution in [0.4, 0.5) is 0 Å². The second-order valence-corrected chi connectivity index (χ2v) is 5.13. The molecule has 7 heteroatoms. The standard InChI is InChI=1S/C13H25NO6/c1-3-4-19-6-9(16)11(14)8(15)5-10-13(18)12(17)7(2)20-10/h3,7-13,15-18H,1,4-6,14H2,2H3/t7-,8-,9-,10+,11+,12?,13-/m0/s1. The molecule has 7 atom stereocenters. The summed E-state index contributed by atoms with van der Waals surface area (Å²) in [6.45, 7) is 5.38. The van der Waals surface area contributed by atoms with Crippen LogP contribution in [0.3, 0.4) is 0 Å². The van der Waals surface area contributed by atoms with Crippen molar-refractivity contribution in [1.29, 1.82) is 0 Å². The quantitative estimate of drug-likeness (QED) is 0.262. The lowest BCUT2D eigenvalue weighted by Crippen LogP contribution is -2.49. The second-order valence-electron chi connectivity index (χ2n) is 5.13. The Balaban J connectivity index is 2.41. The van der Waals surface area contributed by atoms with Crippen molar-refractivity contribution in [3.8, 4) is 0 Å². The number of hydrogen-bond donors (Lipinski definition) is 5. The Morgan fingerprint density at radius 2 is 1.95 bits per heavy atom. The first-order chi connectivity index (χ1) is 9.38. The van der Waals surface area contributed by atoms with Crippen molar-refractivity contribution in [3.05, 3.63) is 12.7 Å². The van der Waals surface area contributed by atoms with Gasteiger partial charge in [-0.05, 0) is 6.92 Å². The number of rotatable bonds is 8. The number of aliphatic hydroxyl groups is 4. The van der Waals surface area contributed by atoms with E-state index >= 15 is 0 Å². The summed E-state index contributed by atoms with van der Waals surface area (Å²) in [5.41, 5.74) is 5.73. The van der Waals surface area contributed by atoms with Crippen molar-refractivity contribution in [1.82, 2.24) is 0 Å². The van der Waals surface area contributed by atoms with Gasteiger partial charge in [-0.25, -0.2) is 0 Å². The van der Waals surface area contributed by atoms with Crippen molar-refractivity contribution < 1.29 is 29.9 Å². The molecule has 0 bridgehead atoms. The summed E-state index contributed by atoms with van der Waals surface area (Å²) in [6.07, 6.45) is -3.80. The SMILES string of the molecule is C=CCOC[C@H](O)[C@H](N)[C@@H](O)C[C@H]1O[C@@H](C)C(O)[C@H]1O. The molecule has 0 radical (unpaired) electrons. The van der Waals surface area contributed by atoms with Gasteiger partial charge in [-0.1, -0.05) is 6.08 Å². The maximum Gasteiger partial charge on any atom is 0.109 e. The van der Waals surface area contributed by atoms with Crippen LogP contribution < -0.4 is 5.73 Å². The highest BCUT2D eigenvalue weighted by Gasteiger charge is 2.41. The zero-order chi connectivity index (χ0) is 15.3. The Bertz CT molecular complexity index is 303. The molecule has 1 rings (SSSR count). The zero-order valence-electron chi connectivity index (χ0n) is 11.6. The molecule has 0 aromatic rings. The summed E-state index contributed by atoms with van der Waals surface area (Å²) in [5, 5.41) is 39.0. The minimum Gasteiger partial charge on any atom is -0.391 e. The lowest BCUT2D eigenvalue weighted by atomic mass is 9.97. The lowest BCUT2D eigenvalue weighted by Gasteiger charge is -2.26. The van der Waals surface area contributed by atoms with E-state index in [0.717, 1.165) is 0 Å². The van der Waals surface area contributed by atoms with Crippen molar-refractivity contribution in [2.45, 2.75) is 56.0 Å². The van der Waals surface area contributed by atoms with Crippen LogP contribution in [0.2, 0.25) is 0 Å². The summed E-state index contributed by atoms with van der Waals surface area (Å²) in [4.78, 5) is 0. The third-order valence-corrected chi connectivity index (χ3v) is 3.49. The predicted octanol–water partition coefficient (Wildman–Crippen LogP) is -1.86. The molecule has 1 saturated heterocycles. The molecular formula is C13H25NO6. The molecule has 0 saturated carbocycles. The topological polar surface area (TPSA) is 125 Å². The van der Waals surface area contributed by atoms with Crippen LogP contribution in [0, 0.1) is 0 Å². The van der Waals surface area contributed by atoms with Crippen LogP contribution in [0.5, 0.6) is 0 Å². The van der Waals surface area contributed by atoms with Gasteiger partial charge in [0.2, 0.25) is 0 Å². The summed E-state index contributed by atoms with van der Waals surface area (Å²) in [5.74, 6) is 0. The molecular weight excluding hydrogens is 266 g/mol. The average Bonchev–Trinajstić information content (AvgIpc) is 2.65. The molecule has 0 amide bonds. The maximum absolute atomic E-state index is 9.96. The minimum absolute atomic E-state index is 0.0165. The van der Waals surface area contributed by atoms with Gasteiger partial charge in [0.1, 0.15) is 12.2 Å². The van der Waals surface area contributed by atoms with Gasteiger partial charge in [-0.3, -0.25) is 0 Å². The fraction of sp³-hybridized carbons (Fsp3) is 0.846. The third kappa shape index (κ3) is 4.49. The molecule has 1 aliphatic heterocycles. The van der Waals surface area contributed by atoms with Crippen molar-refractivity contribution in [2.24, 2.45) is 5.73 Å². The van der Waals surface area contributed by atoms with E-state index in [9.17, 15) is 20.4 Å². The number of hydrogen-bond acceptors (Lipinski definition) is 7. The van der Waals surface area contributed by atoms with E-state index in [1.54, 1.807) is 13.0 Å². The maximum atomic E-state index is 9.96. The van der Waals surface area contributed by atoms with Gasteiger partial charge in [-0.2, -0.15) is 0 Å². The van der Waals surface area contributed by atoms with Crippen LogP contribution in [0.25, 0.3) is 0 Å². The smallest absolute Gasteiger partial charge is 0.109 e. The molecule has 1 heterocycles. The van der Waals surface area contributed by atoms with Crippen molar-refractivity contribution in [3.63, 3.8) is 0 Å². The van der Waals surface area contributed by atoms with E-state index in [1.165, 1.54) is 0 Å². The number of nitrogens with two attached hydrogens (primary N) is 1. The fourth-order valence-electron chi connectivity index (χ4n) is 2.16. The molecule has 1 fully saturated rings. The highest BCUT2D eigenvalue weighted by atomic mass is 16.5. The molecule has 20 heavy (non-hydrogen) atoms. The Morgan fingerprint density at radius 3 is 2.45 bits per heavy atom. The average molecular weight is 291 g/mol. The third-order valence-electron chi connectivity index (χ3n) is 3.49. The predicted molar refractivity (Wildman–Crippen MR) is 72.0 cm³/mol. The Labute approximate surface area is 118 Å². The monoisotopic (exact) mass is 291 g/mol. The molecule has 0 aromatic carbocycles. The highest BCUT2D eigenvalue weighted by molar-refractivity contribution is 4.92. The molecule has 0 aliphatic carbocycles. The van der Waals surface area contributed by atoms with E-state index in [0.29, 0.717) is 0 Å². The van der Waals surface area contributed by atoms with Crippen LogP contribution in [-0.2, 0) is 9.47 Å². The van der Waals surface area contributed by atoms with E-state index < -0.39 is 42.7 Å². The van der Waals surface area contributed by atoms with Gasteiger partial charge < -0.3 is 35.6 Å². The second kappa shape index (κ2) is 8.04. The largest absolute Gasteiger partial charge is 0.391 e. The van der Waals surface area contributed by atoms with Gasteiger partial charge in [0.15, 0.2) is 0 Å². The summed E-state index contributed by atoms with van der Waals surface area (Å²) >= 11 is 0. The molecule has 0 aromatic heterocycles. The van der Waals surface area contributed by atoms with Gasteiger partial charge >= 0.3 is 0 Å². The van der Waals surface area contributed by atoms with Crippen molar-refractivity contribution >= 4 is 0 Å².